The van der Waals surface area contributed by atoms with Gasteiger partial charge in [0.25, 0.3) is 0 Å². The lowest BCUT2D eigenvalue weighted by Crippen LogP contribution is -2.21. The molecular formula is C30H46O5. The SMILES string of the molecule is CCCCCCCC(CCC(=O)OC/C=C(\C)CCC=C(C)C)OC(=O)OCCc1ccccc1. The van der Waals surface area contributed by atoms with E-state index in [1.165, 1.54) is 30.4 Å². The number of unbranched alkanes of at least 4 members (excludes halogenated alkanes) is 4. The van der Waals surface area contributed by atoms with E-state index in [-0.39, 0.29) is 31.7 Å². The van der Waals surface area contributed by atoms with E-state index in [4.69, 9.17) is 14.2 Å². The van der Waals surface area contributed by atoms with Gasteiger partial charge in [0.2, 0.25) is 0 Å². The molecule has 1 aromatic rings. The highest BCUT2D eigenvalue weighted by Gasteiger charge is 2.17. The summed E-state index contributed by atoms with van der Waals surface area (Å²) in [7, 11) is 0. The Bertz CT molecular complexity index is 762. The molecule has 0 radical (unpaired) electrons. The van der Waals surface area contributed by atoms with Crippen LogP contribution in [0.1, 0.15) is 97.5 Å². The van der Waals surface area contributed by atoms with E-state index in [0.717, 1.165) is 37.7 Å². The van der Waals surface area contributed by atoms with Crippen molar-refractivity contribution in [1.82, 2.24) is 0 Å². The normalized spacial score (nSPS) is 12.1. The van der Waals surface area contributed by atoms with Crippen LogP contribution < -0.4 is 0 Å². The molecule has 1 atom stereocenters. The Morgan fingerprint density at radius 2 is 1.63 bits per heavy atom. The molecule has 0 amide bonds. The maximum absolute atomic E-state index is 12.2. The van der Waals surface area contributed by atoms with Crippen LogP contribution in [0.15, 0.2) is 53.6 Å². The van der Waals surface area contributed by atoms with Gasteiger partial charge < -0.3 is 14.2 Å². The highest BCUT2D eigenvalue weighted by atomic mass is 16.7. The number of rotatable bonds is 18. The van der Waals surface area contributed by atoms with Gasteiger partial charge in [0.1, 0.15) is 12.7 Å². The van der Waals surface area contributed by atoms with Crippen LogP contribution in [-0.2, 0) is 25.4 Å². The molecule has 0 aliphatic carbocycles. The minimum Gasteiger partial charge on any atom is -0.461 e. The molecular weight excluding hydrogens is 440 g/mol. The summed E-state index contributed by atoms with van der Waals surface area (Å²) in [5, 5.41) is 0. The average Bonchev–Trinajstić information content (AvgIpc) is 2.82. The number of allylic oxidation sites excluding steroid dienone is 3. The topological polar surface area (TPSA) is 61.8 Å². The second-order valence-electron chi connectivity index (χ2n) is 9.37. The standard InChI is InChI=1S/C30H46O5/c1-5-6-7-8-12-18-28(35-30(32)34-24-22-27-16-10-9-11-17-27)19-20-29(31)33-23-21-26(4)15-13-14-25(2)3/h9-11,14,16-17,21,28H,5-8,12-13,15,18-20,22-24H2,1-4H3/b26-21+. The summed E-state index contributed by atoms with van der Waals surface area (Å²) >= 11 is 0. The summed E-state index contributed by atoms with van der Waals surface area (Å²) in [6, 6.07) is 9.88. The molecule has 1 rings (SSSR count). The number of esters is 1. The molecule has 5 heteroatoms. The lowest BCUT2D eigenvalue weighted by Gasteiger charge is -2.17. The quantitative estimate of drug-likeness (QED) is 0.119. The van der Waals surface area contributed by atoms with Gasteiger partial charge in [-0.05, 0) is 64.5 Å². The van der Waals surface area contributed by atoms with Gasteiger partial charge in [0, 0.05) is 12.8 Å². The molecule has 0 aliphatic rings. The third kappa shape index (κ3) is 17.5. The van der Waals surface area contributed by atoms with E-state index >= 15 is 0 Å². The molecule has 5 nitrogen and oxygen atoms in total. The number of carbonyl (C=O) groups is 2. The fraction of sp³-hybridized carbons (Fsp3) is 0.600. The molecule has 0 N–H and O–H groups in total. The Morgan fingerprint density at radius 3 is 2.34 bits per heavy atom. The summed E-state index contributed by atoms with van der Waals surface area (Å²) in [5.41, 5.74) is 3.63. The van der Waals surface area contributed by atoms with Crippen molar-refractivity contribution in [3.63, 3.8) is 0 Å². The first-order valence-corrected chi connectivity index (χ1v) is 13.2. The van der Waals surface area contributed by atoms with E-state index in [1.54, 1.807) is 0 Å². The Balaban J connectivity index is 2.40. The van der Waals surface area contributed by atoms with E-state index in [9.17, 15) is 9.59 Å². The summed E-state index contributed by atoms with van der Waals surface area (Å²) in [6.45, 7) is 8.97. The largest absolute Gasteiger partial charge is 0.508 e. The summed E-state index contributed by atoms with van der Waals surface area (Å²) < 4.78 is 16.2. The minimum absolute atomic E-state index is 0.224. The molecule has 0 spiro atoms. The zero-order chi connectivity index (χ0) is 25.7. The van der Waals surface area contributed by atoms with Crippen LogP contribution in [0.5, 0.6) is 0 Å². The smallest absolute Gasteiger partial charge is 0.461 e. The molecule has 0 aliphatic heterocycles. The fourth-order valence-corrected chi connectivity index (χ4v) is 3.62. The van der Waals surface area contributed by atoms with Crippen LogP contribution in [0.4, 0.5) is 4.79 Å². The van der Waals surface area contributed by atoms with Gasteiger partial charge in [0.05, 0.1) is 6.61 Å². The summed E-state index contributed by atoms with van der Waals surface area (Å²) in [5.74, 6) is -0.268. The summed E-state index contributed by atoms with van der Waals surface area (Å²) in [4.78, 5) is 24.5. The van der Waals surface area contributed by atoms with E-state index in [0.29, 0.717) is 12.8 Å². The third-order valence-corrected chi connectivity index (χ3v) is 5.78. The van der Waals surface area contributed by atoms with Crippen LogP contribution in [0, 0.1) is 0 Å². The molecule has 0 saturated carbocycles. The highest BCUT2D eigenvalue weighted by molar-refractivity contribution is 5.69. The summed E-state index contributed by atoms with van der Waals surface area (Å²) in [6.07, 6.45) is 12.8. The van der Waals surface area contributed by atoms with Crippen molar-refractivity contribution in [2.45, 2.75) is 104 Å². The van der Waals surface area contributed by atoms with Gasteiger partial charge >= 0.3 is 12.1 Å². The average molecular weight is 487 g/mol. The van der Waals surface area contributed by atoms with Crippen LogP contribution >= 0.6 is 0 Å². The molecule has 0 bridgehead atoms. The molecule has 35 heavy (non-hydrogen) atoms. The third-order valence-electron chi connectivity index (χ3n) is 5.78. The van der Waals surface area contributed by atoms with Gasteiger partial charge in [-0.15, -0.1) is 0 Å². The second kappa shape index (κ2) is 19.7. The molecule has 196 valence electrons. The molecule has 0 fully saturated rings. The lowest BCUT2D eigenvalue weighted by atomic mass is 10.0. The maximum atomic E-state index is 12.2. The number of benzene rings is 1. The van der Waals surface area contributed by atoms with Crippen LogP contribution in [0.3, 0.4) is 0 Å². The van der Waals surface area contributed by atoms with Gasteiger partial charge in [-0.2, -0.15) is 0 Å². The van der Waals surface area contributed by atoms with Crippen molar-refractivity contribution >= 4 is 12.1 Å². The van der Waals surface area contributed by atoms with Gasteiger partial charge in [0.15, 0.2) is 0 Å². The van der Waals surface area contributed by atoms with Crippen molar-refractivity contribution < 1.29 is 23.8 Å². The first-order chi connectivity index (χ1) is 16.9. The molecule has 0 aromatic heterocycles. The zero-order valence-corrected chi connectivity index (χ0v) is 22.4. The second-order valence-corrected chi connectivity index (χ2v) is 9.37. The van der Waals surface area contributed by atoms with Crippen LogP contribution in [-0.4, -0.2) is 31.4 Å². The van der Waals surface area contributed by atoms with E-state index < -0.39 is 6.16 Å². The Labute approximate surface area is 212 Å². The first kappa shape index (κ1) is 30.5. The monoisotopic (exact) mass is 486 g/mol. The van der Waals surface area contributed by atoms with Crippen molar-refractivity contribution in [2.75, 3.05) is 13.2 Å². The van der Waals surface area contributed by atoms with Gasteiger partial charge in [-0.1, -0.05) is 80.2 Å². The number of carbonyl (C=O) groups excluding carboxylic acids is 2. The van der Waals surface area contributed by atoms with E-state index in [1.807, 2.05) is 36.4 Å². The van der Waals surface area contributed by atoms with Crippen molar-refractivity contribution in [3.8, 4) is 0 Å². The van der Waals surface area contributed by atoms with Crippen molar-refractivity contribution in [2.24, 2.45) is 0 Å². The van der Waals surface area contributed by atoms with E-state index in [2.05, 4.69) is 33.8 Å². The lowest BCUT2D eigenvalue weighted by molar-refractivity contribution is -0.143. The number of hydrogen-bond acceptors (Lipinski definition) is 5. The highest BCUT2D eigenvalue weighted by Crippen LogP contribution is 2.15. The number of ether oxygens (including phenoxy) is 3. The minimum atomic E-state index is -0.664. The van der Waals surface area contributed by atoms with Crippen LogP contribution in [0.25, 0.3) is 0 Å². The number of hydrogen-bond donors (Lipinski definition) is 0. The Kier molecular flexibility index (Phi) is 17.2. The molecule has 0 heterocycles. The molecule has 1 aromatic carbocycles. The van der Waals surface area contributed by atoms with Crippen LogP contribution in [0.2, 0.25) is 0 Å². The Morgan fingerprint density at radius 1 is 0.886 bits per heavy atom. The first-order valence-electron chi connectivity index (χ1n) is 13.2. The zero-order valence-electron chi connectivity index (χ0n) is 22.4. The molecule has 1 unspecified atom stereocenters. The van der Waals surface area contributed by atoms with Crippen molar-refractivity contribution in [1.29, 1.82) is 0 Å². The van der Waals surface area contributed by atoms with Gasteiger partial charge in [-0.25, -0.2) is 4.79 Å². The van der Waals surface area contributed by atoms with Gasteiger partial charge in [-0.3, -0.25) is 4.79 Å². The van der Waals surface area contributed by atoms with Crippen molar-refractivity contribution in [3.05, 3.63) is 59.2 Å². The maximum Gasteiger partial charge on any atom is 0.508 e. The Hall–Kier alpha value is -2.56. The predicted octanol–water partition coefficient (Wildman–Crippen LogP) is 8.13. The molecule has 0 saturated heterocycles. The fourth-order valence-electron chi connectivity index (χ4n) is 3.62. The predicted molar refractivity (Wildman–Crippen MR) is 142 cm³/mol.